The molecule has 0 unspecified atom stereocenters. The van der Waals surface area contributed by atoms with E-state index in [-0.39, 0.29) is 5.91 Å². The number of esters is 1. The van der Waals surface area contributed by atoms with Gasteiger partial charge < -0.3 is 19.5 Å². The van der Waals surface area contributed by atoms with Gasteiger partial charge in [0.25, 0.3) is 5.91 Å². The standard InChI is InChI=1S/C22H24ClNO5/c1-4-28-21-18(23)12-17(13-19(21)27-3)10-11-20(25)29-15(2)22(26)24-14-16-8-6-5-7-9-16/h5-13,15H,4,14H2,1-3H3,(H,24,26)/b11-10+/t15-/m1/s1. The Labute approximate surface area is 175 Å². The van der Waals surface area contributed by atoms with E-state index in [0.717, 1.165) is 5.56 Å². The Kier molecular flexibility index (Phi) is 8.55. The van der Waals surface area contributed by atoms with E-state index in [9.17, 15) is 9.59 Å². The van der Waals surface area contributed by atoms with E-state index in [2.05, 4.69) is 5.32 Å². The number of nitrogens with one attached hydrogen (secondary N) is 1. The summed E-state index contributed by atoms with van der Waals surface area (Å²) in [6, 6.07) is 12.8. The number of hydrogen-bond donors (Lipinski definition) is 1. The first-order valence-corrected chi connectivity index (χ1v) is 9.53. The second kappa shape index (κ2) is 11.1. The van der Waals surface area contributed by atoms with Gasteiger partial charge in [0.1, 0.15) is 0 Å². The average molecular weight is 418 g/mol. The van der Waals surface area contributed by atoms with Gasteiger partial charge in [0.2, 0.25) is 0 Å². The molecule has 0 bridgehead atoms. The molecule has 2 aromatic rings. The third-order valence-corrected chi connectivity index (χ3v) is 4.20. The van der Waals surface area contributed by atoms with Crippen molar-refractivity contribution in [2.24, 2.45) is 0 Å². The molecule has 0 aliphatic carbocycles. The fourth-order valence-corrected chi connectivity index (χ4v) is 2.75. The van der Waals surface area contributed by atoms with Crippen molar-refractivity contribution >= 4 is 29.6 Å². The maximum Gasteiger partial charge on any atom is 0.331 e. The molecule has 7 heteroatoms. The van der Waals surface area contributed by atoms with Crippen LogP contribution in [0.4, 0.5) is 0 Å². The molecule has 1 amide bonds. The number of methoxy groups -OCH3 is 1. The van der Waals surface area contributed by atoms with Crippen LogP contribution in [0.2, 0.25) is 5.02 Å². The normalized spacial score (nSPS) is 11.7. The van der Waals surface area contributed by atoms with E-state index in [4.69, 9.17) is 25.8 Å². The highest BCUT2D eigenvalue weighted by atomic mass is 35.5. The quantitative estimate of drug-likeness (QED) is 0.493. The van der Waals surface area contributed by atoms with Crippen LogP contribution in [0.3, 0.4) is 0 Å². The smallest absolute Gasteiger partial charge is 0.331 e. The zero-order valence-corrected chi connectivity index (χ0v) is 17.4. The molecule has 0 saturated carbocycles. The summed E-state index contributed by atoms with van der Waals surface area (Å²) in [6.07, 6.45) is 1.84. The van der Waals surface area contributed by atoms with Gasteiger partial charge in [-0.25, -0.2) is 4.79 Å². The van der Waals surface area contributed by atoms with E-state index >= 15 is 0 Å². The summed E-state index contributed by atoms with van der Waals surface area (Å²) in [4.78, 5) is 24.1. The summed E-state index contributed by atoms with van der Waals surface area (Å²) in [5, 5.41) is 3.10. The number of benzene rings is 2. The van der Waals surface area contributed by atoms with Crippen LogP contribution in [0.25, 0.3) is 6.08 Å². The molecule has 0 saturated heterocycles. The highest BCUT2D eigenvalue weighted by Gasteiger charge is 2.16. The molecule has 0 fully saturated rings. The van der Waals surface area contributed by atoms with E-state index in [0.29, 0.717) is 35.2 Å². The Morgan fingerprint density at radius 3 is 2.59 bits per heavy atom. The van der Waals surface area contributed by atoms with Gasteiger partial charge in [0.15, 0.2) is 17.6 Å². The number of hydrogen-bond acceptors (Lipinski definition) is 5. The van der Waals surface area contributed by atoms with Crippen LogP contribution in [0.5, 0.6) is 11.5 Å². The van der Waals surface area contributed by atoms with Crippen molar-refractivity contribution in [3.63, 3.8) is 0 Å². The number of carbonyl (C=O) groups is 2. The second-order valence-electron chi connectivity index (χ2n) is 6.08. The van der Waals surface area contributed by atoms with Gasteiger partial charge in [-0.15, -0.1) is 0 Å². The van der Waals surface area contributed by atoms with Crippen LogP contribution in [-0.4, -0.2) is 31.7 Å². The third-order valence-electron chi connectivity index (χ3n) is 3.92. The van der Waals surface area contributed by atoms with Crippen molar-refractivity contribution in [2.45, 2.75) is 26.5 Å². The average Bonchev–Trinajstić information content (AvgIpc) is 2.72. The fourth-order valence-electron chi connectivity index (χ4n) is 2.48. The van der Waals surface area contributed by atoms with Crippen LogP contribution < -0.4 is 14.8 Å². The summed E-state index contributed by atoms with van der Waals surface area (Å²) >= 11 is 6.21. The Bertz CT molecular complexity index is 867. The lowest BCUT2D eigenvalue weighted by molar-refractivity contribution is -0.150. The Balaban J connectivity index is 1.93. The summed E-state index contributed by atoms with van der Waals surface area (Å²) in [5.41, 5.74) is 1.59. The van der Waals surface area contributed by atoms with Crippen LogP contribution in [0.15, 0.2) is 48.5 Å². The van der Waals surface area contributed by atoms with Crippen molar-refractivity contribution < 1.29 is 23.8 Å². The van der Waals surface area contributed by atoms with Crippen LogP contribution in [-0.2, 0) is 20.9 Å². The molecule has 0 heterocycles. The number of amides is 1. The van der Waals surface area contributed by atoms with Gasteiger partial charge in [-0.3, -0.25) is 4.79 Å². The highest BCUT2D eigenvalue weighted by Crippen LogP contribution is 2.36. The minimum absolute atomic E-state index is 0.363. The molecular weight excluding hydrogens is 394 g/mol. The predicted octanol–water partition coefficient (Wildman–Crippen LogP) is 4.01. The van der Waals surface area contributed by atoms with Crippen LogP contribution >= 0.6 is 11.6 Å². The monoisotopic (exact) mass is 417 g/mol. The van der Waals surface area contributed by atoms with Crippen LogP contribution in [0.1, 0.15) is 25.0 Å². The van der Waals surface area contributed by atoms with Gasteiger partial charge in [-0.1, -0.05) is 41.9 Å². The minimum atomic E-state index is -0.922. The van der Waals surface area contributed by atoms with Gasteiger partial charge in [-0.05, 0) is 43.2 Å². The van der Waals surface area contributed by atoms with E-state index in [1.165, 1.54) is 26.2 Å². The largest absolute Gasteiger partial charge is 0.493 e. The molecule has 0 spiro atoms. The Morgan fingerprint density at radius 1 is 1.21 bits per heavy atom. The zero-order valence-electron chi connectivity index (χ0n) is 16.6. The lowest BCUT2D eigenvalue weighted by Crippen LogP contribution is -2.35. The molecule has 2 aromatic carbocycles. The summed E-state index contributed by atoms with van der Waals surface area (Å²) in [5.74, 6) is -0.112. The molecule has 1 atom stereocenters. The van der Waals surface area contributed by atoms with E-state index in [1.54, 1.807) is 12.1 Å². The topological polar surface area (TPSA) is 73.9 Å². The van der Waals surface area contributed by atoms with Gasteiger partial charge >= 0.3 is 5.97 Å². The maximum absolute atomic E-state index is 12.1. The minimum Gasteiger partial charge on any atom is -0.493 e. The van der Waals surface area contributed by atoms with E-state index < -0.39 is 12.1 Å². The third kappa shape index (κ3) is 6.84. The first kappa shape index (κ1) is 22.3. The maximum atomic E-state index is 12.1. The number of carbonyl (C=O) groups excluding carboxylic acids is 2. The van der Waals surface area contributed by atoms with Gasteiger partial charge in [0, 0.05) is 12.6 Å². The Hall–Kier alpha value is -2.99. The van der Waals surface area contributed by atoms with Crippen molar-refractivity contribution in [2.75, 3.05) is 13.7 Å². The summed E-state index contributed by atoms with van der Waals surface area (Å²) in [6.45, 7) is 4.17. The summed E-state index contributed by atoms with van der Waals surface area (Å²) in [7, 11) is 1.51. The molecule has 1 N–H and O–H groups in total. The van der Waals surface area contributed by atoms with Crippen molar-refractivity contribution in [1.29, 1.82) is 0 Å². The number of halogens is 1. The van der Waals surface area contributed by atoms with Gasteiger partial charge in [-0.2, -0.15) is 0 Å². The molecule has 0 aliphatic heterocycles. The lowest BCUT2D eigenvalue weighted by atomic mass is 10.2. The SMILES string of the molecule is CCOc1c(Cl)cc(/C=C/C(=O)O[C@H](C)C(=O)NCc2ccccc2)cc1OC. The fraction of sp³-hybridized carbons (Fsp3) is 0.273. The Morgan fingerprint density at radius 2 is 1.93 bits per heavy atom. The van der Waals surface area contributed by atoms with Gasteiger partial charge in [0.05, 0.1) is 18.7 Å². The highest BCUT2D eigenvalue weighted by molar-refractivity contribution is 6.32. The molecule has 154 valence electrons. The van der Waals surface area contributed by atoms with Crippen molar-refractivity contribution in [3.8, 4) is 11.5 Å². The first-order chi connectivity index (χ1) is 13.9. The molecule has 0 aliphatic rings. The summed E-state index contributed by atoms with van der Waals surface area (Å²) < 4.78 is 15.9. The van der Waals surface area contributed by atoms with Crippen molar-refractivity contribution in [1.82, 2.24) is 5.32 Å². The number of ether oxygens (including phenoxy) is 3. The lowest BCUT2D eigenvalue weighted by Gasteiger charge is -2.13. The second-order valence-corrected chi connectivity index (χ2v) is 6.49. The molecule has 0 aromatic heterocycles. The van der Waals surface area contributed by atoms with E-state index in [1.807, 2.05) is 37.3 Å². The van der Waals surface area contributed by atoms with Crippen LogP contribution in [0, 0.1) is 0 Å². The molecular formula is C22H24ClNO5. The molecule has 6 nitrogen and oxygen atoms in total. The predicted molar refractivity (Wildman–Crippen MR) is 112 cm³/mol. The first-order valence-electron chi connectivity index (χ1n) is 9.15. The molecule has 2 rings (SSSR count). The molecule has 0 radical (unpaired) electrons. The molecule has 29 heavy (non-hydrogen) atoms. The zero-order chi connectivity index (χ0) is 21.2. The number of rotatable bonds is 9. The van der Waals surface area contributed by atoms with Crippen molar-refractivity contribution in [3.05, 3.63) is 64.7 Å².